The summed E-state index contributed by atoms with van der Waals surface area (Å²) in [5.41, 5.74) is 5.93. The number of hydrogen-bond acceptors (Lipinski definition) is 5. The maximum atomic E-state index is 11.8. The maximum Gasteiger partial charge on any atom is 0.336 e. The van der Waals surface area contributed by atoms with Gasteiger partial charge in [0.05, 0.1) is 17.9 Å². The molecule has 1 N–H and O–H groups in total. The minimum Gasteiger partial charge on any atom is -0.493 e. The number of aromatic nitrogens is 1. The lowest BCUT2D eigenvalue weighted by molar-refractivity contribution is 0.0695. The maximum absolute atomic E-state index is 11.8. The summed E-state index contributed by atoms with van der Waals surface area (Å²) in [6.07, 6.45) is 0.630. The summed E-state index contributed by atoms with van der Waals surface area (Å²) < 4.78 is 11.9. The predicted octanol–water partition coefficient (Wildman–Crippen LogP) is 7.62. The van der Waals surface area contributed by atoms with Gasteiger partial charge in [-0.3, -0.25) is 0 Å². The van der Waals surface area contributed by atoms with E-state index in [4.69, 9.17) is 9.15 Å². The van der Waals surface area contributed by atoms with Gasteiger partial charge in [-0.1, -0.05) is 48.5 Å². The SMILES string of the molecule is Cc1cccc(N(Cc2ccccc2C(=O)O)c2ccc(OCCc3nc(-c4ccccc4)oc3C)cc2)c1. The molecule has 0 amide bonds. The van der Waals surface area contributed by atoms with Crippen LogP contribution in [0.15, 0.2) is 108 Å². The van der Waals surface area contributed by atoms with E-state index in [0.29, 0.717) is 31.0 Å². The number of benzene rings is 4. The number of carboxylic acid groups (broad SMARTS) is 1. The van der Waals surface area contributed by atoms with E-state index in [-0.39, 0.29) is 0 Å². The number of aromatic carboxylic acids is 1. The van der Waals surface area contributed by atoms with Crippen molar-refractivity contribution in [1.82, 2.24) is 4.98 Å². The van der Waals surface area contributed by atoms with Gasteiger partial charge in [-0.25, -0.2) is 9.78 Å². The molecular weight excluding hydrogens is 488 g/mol. The van der Waals surface area contributed by atoms with Gasteiger partial charge in [0.25, 0.3) is 0 Å². The third-order valence-electron chi connectivity index (χ3n) is 6.56. The van der Waals surface area contributed by atoms with Crippen LogP contribution in [0, 0.1) is 13.8 Å². The van der Waals surface area contributed by atoms with Gasteiger partial charge >= 0.3 is 5.97 Å². The molecule has 0 spiro atoms. The summed E-state index contributed by atoms with van der Waals surface area (Å²) in [6, 6.07) is 33.0. The molecular formula is C33H30N2O4. The molecule has 1 heterocycles. The minimum absolute atomic E-state index is 0.300. The number of carbonyl (C=O) groups is 1. The van der Waals surface area contributed by atoms with Crippen molar-refractivity contribution in [1.29, 1.82) is 0 Å². The van der Waals surface area contributed by atoms with Crippen LogP contribution < -0.4 is 9.64 Å². The zero-order chi connectivity index (χ0) is 27.2. The molecule has 39 heavy (non-hydrogen) atoms. The Hall–Kier alpha value is -4.84. The first kappa shape index (κ1) is 25.8. The third kappa shape index (κ3) is 6.18. The average Bonchev–Trinajstić information content (AvgIpc) is 3.33. The van der Waals surface area contributed by atoms with E-state index in [1.165, 1.54) is 0 Å². The molecule has 0 radical (unpaired) electrons. The zero-order valence-corrected chi connectivity index (χ0v) is 22.0. The van der Waals surface area contributed by atoms with Gasteiger partial charge in [0, 0.05) is 29.9 Å². The highest BCUT2D eigenvalue weighted by atomic mass is 16.5. The minimum atomic E-state index is -0.934. The molecule has 1 aromatic heterocycles. The van der Waals surface area contributed by atoms with E-state index >= 15 is 0 Å². The Balaban J connectivity index is 1.30. The molecule has 0 saturated heterocycles. The van der Waals surface area contributed by atoms with Crippen molar-refractivity contribution < 1.29 is 19.1 Å². The van der Waals surface area contributed by atoms with Crippen LogP contribution in [0.25, 0.3) is 11.5 Å². The second-order valence-corrected chi connectivity index (χ2v) is 9.37. The van der Waals surface area contributed by atoms with Crippen LogP contribution in [0.1, 0.15) is 32.9 Å². The molecule has 5 aromatic rings. The summed E-state index contributed by atoms with van der Waals surface area (Å²) in [6.45, 7) is 4.85. The van der Waals surface area contributed by atoms with Gasteiger partial charge in [0.2, 0.25) is 5.89 Å². The fraction of sp³-hybridized carbons (Fsp3) is 0.152. The Labute approximate surface area is 228 Å². The van der Waals surface area contributed by atoms with Crippen LogP contribution in [0.3, 0.4) is 0 Å². The molecule has 4 aromatic carbocycles. The van der Waals surface area contributed by atoms with Gasteiger partial charge in [0.15, 0.2) is 0 Å². The Morgan fingerprint density at radius 3 is 2.36 bits per heavy atom. The molecule has 196 valence electrons. The number of nitrogens with zero attached hydrogens (tertiary/aromatic N) is 2. The van der Waals surface area contributed by atoms with E-state index in [0.717, 1.165) is 45.3 Å². The van der Waals surface area contributed by atoms with E-state index in [2.05, 4.69) is 16.0 Å². The third-order valence-corrected chi connectivity index (χ3v) is 6.56. The van der Waals surface area contributed by atoms with E-state index in [1.54, 1.807) is 12.1 Å². The highest BCUT2D eigenvalue weighted by Crippen LogP contribution is 2.31. The van der Waals surface area contributed by atoms with Crippen molar-refractivity contribution in [3.63, 3.8) is 0 Å². The molecule has 0 bridgehead atoms. The highest BCUT2D eigenvalue weighted by Gasteiger charge is 2.16. The number of ether oxygens (including phenoxy) is 1. The van der Waals surface area contributed by atoms with Crippen molar-refractivity contribution in [2.45, 2.75) is 26.8 Å². The summed E-state index contributed by atoms with van der Waals surface area (Å²) in [4.78, 5) is 18.6. The summed E-state index contributed by atoms with van der Waals surface area (Å²) in [5, 5.41) is 9.70. The summed E-state index contributed by atoms with van der Waals surface area (Å²) >= 11 is 0. The van der Waals surface area contributed by atoms with Crippen LogP contribution in [0.5, 0.6) is 5.75 Å². The number of aryl methyl sites for hydroxylation is 2. The van der Waals surface area contributed by atoms with Crippen molar-refractivity contribution >= 4 is 17.3 Å². The first-order valence-corrected chi connectivity index (χ1v) is 12.9. The fourth-order valence-electron chi connectivity index (χ4n) is 4.52. The van der Waals surface area contributed by atoms with E-state index < -0.39 is 5.97 Å². The second-order valence-electron chi connectivity index (χ2n) is 9.37. The van der Waals surface area contributed by atoms with Crippen LogP contribution in [0.4, 0.5) is 11.4 Å². The smallest absolute Gasteiger partial charge is 0.336 e. The molecule has 0 unspecified atom stereocenters. The Kier molecular flexibility index (Phi) is 7.73. The fourth-order valence-corrected chi connectivity index (χ4v) is 4.52. The quantitative estimate of drug-likeness (QED) is 0.205. The molecule has 0 saturated carbocycles. The Morgan fingerprint density at radius 2 is 1.62 bits per heavy atom. The predicted molar refractivity (Wildman–Crippen MR) is 153 cm³/mol. The van der Waals surface area contributed by atoms with Crippen molar-refractivity contribution in [2.24, 2.45) is 0 Å². The van der Waals surface area contributed by atoms with Gasteiger partial charge in [-0.2, -0.15) is 0 Å². The lowest BCUT2D eigenvalue weighted by Gasteiger charge is -2.26. The average molecular weight is 519 g/mol. The number of oxazole rings is 1. The topological polar surface area (TPSA) is 75.8 Å². The van der Waals surface area contributed by atoms with Crippen LogP contribution in [-0.2, 0) is 13.0 Å². The van der Waals surface area contributed by atoms with Crippen LogP contribution >= 0.6 is 0 Å². The number of rotatable bonds is 10. The van der Waals surface area contributed by atoms with Crippen molar-refractivity contribution in [2.75, 3.05) is 11.5 Å². The summed E-state index contributed by atoms with van der Waals surface area (Å²) in [5.74, 6) is 1.23. The first-order valence-electron chi connectivity index (χ1n) is 12.9. The lowest BCUT2D eigenvalue weighted by atomic mass is 10.1. The van der Waals surface area contributed by atoms with Crippen LogP contribution in [0.2, 0.25) is 0 Å². The van der Waals surface area contributed by atoms with Gasteiger partial charge in [-0.05, 0) is 79.6 Å². The Morgan fingerprint density at radius 1 is 0.872 bits per heavy atom. The van der Waals surface area contributed by atoms with Gasteiger partial charge in [-0.15, -0.1) is 0 Å². The molecule has 0 aliphatic rings. The number of hydrogen-bond donors (Lipinski definition) is 1. The molecule has 0 aliphatic heterocycles. The molecule has 0 atom stereocenters. The van der Waals surface area contributed by atoms with Gasteiger partial charge < -0.3 is 19.2 Å². The number of anilines is 2. The van der Waals surface area contributed by atoms with E-state index in [9.17, 15) is 9.90 Å². The molecule has 0 fully saturated rings. The molecule has 6 nitrogen and oxygen atoms in total. The Bertz CT molecular complexity index is 1560. The molecule has 5 rings (SSSR count). The molecule has 0 aliphatic carbocycles. The summed E-state index contributed by atoms with van der Waals surface area (Å²) in [7, 11) is 0. The van der Waals surface area contributed by atoms with E-state index in [1.807, 2.05) is 98.8 Å². The first-order chi connectivity index (χ1) is 19.0. The standard InChI is InChI=1S/C33H30N2O4/c1-23-9-8-13-28(21-23)35(22-26-12-6-7-14-30(26)33(36)37)27-15-17-29(18-16-27)38-20-19-31-24(2)39-32(34-31)25-10-4-3-5-11-25/h3-18,21H,19-20,22H2,1-2H3,(H,36,37). The van der Waals surface area contributed by atoms with Crippen LogP contribution in [-0.4, -0.2) is 22.7 Å². The highest BCUT2D eigenvalue weighted by molar-refractivity contribution is 5.89. The molecule has 6 heteroatoms. The number of carboxylic acids is 1. The monoisotopic (exact) mass is 518 g/mol. The second kappa shape index (κ2) is 11.7. The normalized spacial score (nSPS) is 10.8. The van der Waals surface area contributed by atoms with Crippen molar-refractivity contribution in [3.8, 4) is 17.2 Å². The lowest BCUT2D eigenvalue weighted by Crippen LogP contribution is -2.18. The zero-order valence-electron chi connectivity index (χ0n) is 22.0. The van der Waals surface area contributed by atoms with Gasteiger partial charge in [0.1, 0.15) is 11.5 Å². The largest absolute Gasteiger partial charge is 0.493 e. The van der Waals surface area contributed by atoms with Crippen molar-refractivity contribution in [3.05, 3.63) is 131 Å².